The van der Waals surface area contributed by atoms with Crippen molar-refractivity contribution in [1.29, 1.82) is 0 Å². The van der Waals surface area contributed by atoms with Gasteiger partial charge in [-0.3, -0.25) is 13.9 Å². The molecule has 2 aromatic rings. The van der Waals surface area contributed by atoms with Crippen LogP contribution in [0.1, 0.15) is 27.7 Å². The molecule has 0 saturated carbocycles. The van der Waals surface area contributed by atoms with Crippen molar-refractivity contribution >= 4 is 17.1 Å². The quantitative estimate of drug-likeness (QED) is 0.896. The van der Waals surface area contributed by atoms with Crippen molar-refractivity contribution in [1.82, 2.24) is 18.7 Å². The summed E-state index contributed by atoms with van der Waals surface area (Å²) in [5, 5.41) is 2.99. The molecule has 0 aliphatic heterocycles. The van der Waals surface area contributed by atoms with Gasteiger partial charge in [-0.05, 0) is 19.8 Å². The van der Waals surface area contributed by atoms with Crippen LogP contribution in [0.15, 0.2) is 9.59 Å². The van der Waals surface area contributed by atoms with E-state index in [0.29, 0.717) is 42.7 Å². The Balaban J connectivity index is 2.98. The number of hydrogen-bond donors (Lipinski definition) is 1. The zero-order chi connectivity index (χ0) is 15.7. The van der Waals surface area contributed by atoms with Crippen LogP contribution in [0, 0.1) is 5.92 Å². The van der Waals surface area contributed by atoms with Gasteiger partial charge in [0.05, 0.1) is 0 Å². The second-order valence-corrected chi connectivity index (χ2v) is 5.44. The minimum Gasteiger partial charge on any atom is -0.359 e. The Labute approximate surface area is 123 Å². The van der Waals surface area contributed by atoms with E-state index in [9.17, 15) is 9.59 Å². The first-order valence-electron chi connectivity index (χ1n) is 7.37. The number of aryl methyl sites for hydroxylation is 1. The van der Waals surface area contributed by atoms with E-state index in [2.05, 4.69) is 10.3 Å². The monoisotopic (exact) mass is 293 g/mol. The number of rotatable bonds is 5. The molecule has 0 saturated heterocycles. The first-order valence-corrected chi connectivity index (χ1v) is 7.37. The number of aromatic nitrogens is 4. The lowest BCUT2D eigenvalue weighted by Gasteiger charge is -2.12. The smallest absolute Gasteiger partial charge is 0.332 e. The Kier molecular flexibility index (Phi) is 4.20. The van der Waals surface area contributed by atoms with Gasteiger partial charge in [0.15, 0.2) is 11.2 Å². The highest BCUT2D eigenvalue weighted by atomic mass is 16.2. The molecule has 7 nitrogen and oxygen atoms in total. The summed E-state index contributed by atoms with van der Waals surface area (Å²) in [7, 11) is 1.76. The molecule has 2 rings (SSSR count). The molecule has 0 amide bonds. The molecule has 2 heterocycles. The van der Waals surface area contributed by atoms with Crippen LogP contribution >= 0.6 is 0 Å². The highest BCUT2D eigenvalue weighted by molar-refractivity contribution is 5.74. The predicted molar refractivity (Wildman–Crippen MR) is 84.0 cm³/mol. The van der Waals surface area contributed by atoms with Crippen LogP contribution in [-0.2, 0) is 19.6 Å². The number of nitrogens with zero attached hydrogens (tertiary/aromatic N) is 4. The standard InChI is InChI=1S/C14H23N5O2/c1-6-17-10-11(16-13(17)15-5)19(8-9(3)4)14(21)18(7-2)12(10)20/h9H,6-8H2,1-5H3,(H,15,16). The summed E-state index contributed by atoms with van der Waals surface area (Å²) < 4.78 is 4.70. The van der Waals surface area contributed by atoms with Gasteiger partial charge >= 0.3 is 5.69 Å². The molecule has 0 unspecified atom stereocenters. The van der Waals surface area contributed by atoms with Crippen molar-refractivity contribution in [2.75, 3.05) is 12.4 Å². The Morgan fingerprint density at radius 1 is 1.10 bits per heavy atom. The van der Waals surface area contributed by atoms with Gasteiger partial charge in [-0.25, -0.2) is 4.79 Å². The van der Waals surface area contributed by atoms with Crippen LogP contribution in [0.3, 0.4) is 0 Å². The normalized spacial score (nSPS) is 11.5. The summed E-state index contributed by atoms with van der Waals surface area (Å²) in [5.41, 5.74) is 0.402. The van der Waals surface area contributed by atoms with Gasteiger partial charge in [-0.1, -0.05) is 13.8 Å². The van der Waals surface area contributed by atoms with Crippen LogP contribution in [0.4, 0.5) is 5.95 Å². The minimum atomic E-state index is -0.285. The van der Waals surface area contributed by atoms with Crippen LogP contribution < -0.4 is 16.6 Å². The van der Waals surface area contributed by atoms with Crippen molar-refractivity contribution in [2.24, 2.45) is 5.92 Å². The van der Waals surface area contributed by atoms with E-state index in [-0.39, 0.29) is 11.2 Å². The third-order valence-electron chi connectivity index (χ3n) is 3.52. The summed E-state index contributed by atoms with van der Waals surface area (Å²) in [6, 6.07) is 0. The molecule has 7 heteroatoms. The van der Waals surface area contributed by atoms with Gasteiger partial charge in [-0.2, -0.15) is 4.98 Å². The van der Waals surface area contributed by atoms with Gasteiger partial charge in [-0.15, -0.1) is 0 Å². The largest absolute Gasteiger partial charge is 0.359 e. The predicted octanol–water partition coefficient (Wildman–Crippen LogP) is 1.10. The minimum absolute atomic E-state index is 0.270. The number of anilines is 1. The van der Waals surface area contributed by atoms with E-state index in [1.54, 1.807) is 18.5 Å². The van der Waals surface area contributed by atoms with E-state index in [4.69, 9.17) is 0 Å². The lowest BCUT2D eigenvalue weighted by molar-refractivity contribution is 0.491. The molecular weight excluding hydrogens is 270 g/mol. The third-order valence-corrected chi connectivity index (χ3v) is 3.52. The summed E-state index contributed by atoms with van der Waals surface area (Å²) in [6.45, 7) is 9.35. The van der Waals surface area contributed by atoms with Gasteiger partial charge in [0.25, 0.3) is 5.56 Å². The first-order chi connectivity index (χ1) is 9.96. The third kappa shape index (κ3) is 2.36. The lowest BCUT2D eigenvalue weighted by atomic mass is 10.2. The molecule has 0 aliphatic carbocycles. The van der Waals surface area contributed by atoms with E-state index >= 15 is 0 Å². The van der Waals surface area contributed by atoms with E-state index < -0.39 is 0 Å². The topological polar surface area (TPSA) is 73.8 Å². The highest BCUT2D eigenvalue weighted by Gasteiger charge is 2.20. The average molecular weight is 293 g/mol. The molecule has 21 heavy (non-hydrogen) atoms. The molecule has 0 aromatic carbocycles. The fraction of sp³-hybridized carbons (Fsp3) is 0.643. The summed E-state index contributed by atoms with van der Waals surface area (Å²) >= 11 is 0. The molecular formula is C14H23N5O2. The molecule has 0 bridgehead atoms. The van der Waals surface area contributed by atoms with Crippen molar-refractivity contribution in [3.63, 3.8) is 0 Å². The van der Waals surface area contributed by atoms with Gasteiger partial charge < -0.3 is 9.88 Å². The second kappa shape index (κ2) is 5.75. The van der Waals surface area contributed by atoms with Gasteiger partial charge in [0.1, 0.15) is 0 Å². The lowest BCUT2D eigenvalue weighted by Crippen LogP contribution is -2.40. The Hall–Kier alpha value is -2.05. The highest BCUT2D eigenvalue weighted by Crippen LogP contribution is 2.16. The van der Waals surface area contributed by atoms with E-state index in [1.165, 1.54) is 4.57 Å². The molecule has 0 atom stereocenters. The van der Waals surface area contributed by atoms with Crippen LogP contribution in [0.25, 0.3) is 11.2 Å². The zero-order valence-corrected chi connectivity index (χ0v) is 13.3. The summed E-state index contributed by atoms with van der Waals surface area (Å²) in [4.78, 5) is 29.6. The van der Waals surface area contributed by atoms with Crippen molar-refractivity contribution in [2.45, 2.75) is 47.3 Å². The molecule has 0 radical (unpaired) electrons. The number of imidazole rings is 1. The van der Waals surface area contributed by atoms with Crippen molar-refractivity contribution < 1.29 is 0 Å². The fourth-order valence-corrected chi connectivity index (χ4v) is 2.60. The van der Waals surface area contributed by atoms with Gasteiger partial charge in [0.2, 0.25) is 5.95 Å². The number of nitrogens with one attached hydrogen (secondary N) is 1. The van der Waals surface area contributed by atoms with Gasteiger partial charge in [0, 0.05) is 26.7 Å². The second-order valence-electron chi connectivity index (χ2n) is 5.44. The molecule has 1 N–H and O–H groups in total. The molecule has 0 fully saturated rings. The van der Waals surface area contributed by atoms with Crippen LogP contribution in [-0.4, -0.2) is 25.7 Å². The van der Waals surface area contributed by atoms with Crippen molar-refractivity contribution in [3.8, 4) is 0 Å². The molecule has 0 spiro atoms. The summed E-state index contributed by atoms with van der Waals surface area (Å²) in [5.74, 6) is 0.897. The molecule has 0 aliphatic rings. The molecule has 116 valence electrons. The zero-order valence-electron chi connectivity index (χ0n) is 13.3. The average Bonchev–Trinajstić information content (AvgIpc) is 2.82. The van der Waals surface area contributed by atoms with Crippen LogP contribution in [0.2, 0.25) is 0 Å². The summed E-state index contributed by atoms with van der Waals surface area (Å²) in [6.07, 6.45) is 0. The SMILES string of the molecule is CCn1c(=O)c2c(nc(NC)n2CC)n(CC(C)C)c1=O. The van der Waals surface area contributed by atoms with Crippen molar-refractivity contribution in [3.05, 3.63) is 20.8 Å². The van der Waals surface area contributed by atoms with E-state index in [1.807, 2.05) is 25.3 Å². The fourth-order valence-electron chi connectivity index (χ4n) is 2.60. The Morgan fingerprint density at radius 2 is 1.71 bits per heavy atom. The van der Waals surface area contributed by atoms with Crippen LogP contribution in [0.5, 0.6) is 0 Å². The maximum absolute atomic E-state index is 12.6. The maximum Gasteiger partial charge on any atom is 0.332 e. The maximum atomic E-state index is 12.6. The molecule has 2 aromatic heterocycles. The Bertz CT molecular complexity index is 766. The van der Waals surface area contributed by atoms with E-state index in [0.717, 1.165) is 0 Å². The number of fused-ring (bicyclic) bond motifs is 1. The number of hydrogen-bond acceptors (Lipinski definition) is 4. The Morgan fingerprint density at radius 3 is 2.19 bits per heavy atom. The first kappa shape index (κ1) is 15.3.